The van der Waals surface area contributed by atoms with Crippen LogP contribution in [0.5, 0.6) is 0 Å². The van der Waals surface area contributed by atoms with Crippen molar-refractivity contribution in [2.45, 2.75) is 13.2 Å². The number of hydrogen-bond acceptors (Lipinski definition) is 2. The minimum atomic E-state index is 0.0670. The molecule has 2 N–H and O–H groups in total. The average molecular weight is 290 g/mol. The number of hydrogen-bond donors (Lipinski definition) is 2. The first-order valence-corrected chi connectivity index (χ1v) is 7.30. The van der Waals surface area contributed by atoms with Crippen molar-refractivity contribution in [2.75, 3.05) is 0 Å². The van der Waals surface area contributed by atoms with E-state index in [1.807, 2.05) is 54.6 Å². The maximum atomic E-state index is 9.12. The fourth-order valence-electron chi connectivity index (χ4n) is 2.48. The lowest BCUT2D eigenvalue weighted by Gasteiger charge is -2.07. The topological polar surface area (TPSA) is 40.5 Å². The van der Waals surface area contributed by atoms with Crippen LogP contribution in [0.25, 0.3) is 22.3 Å². The Hall–Kier alpha value is -2.42. The Morgan fingerprint density at radius 3 is 1.27 bits per heavy atom. The van der Waals surface area contributed by atoms with Crippen LogP contribution in [0.3, 0.4) is 0 Å². The highest BCUT2D eigenvalue weighted by atomic mass is 16.3. The molecule has 2 nitrogen and oxygen atoms in total. The van der Waals surface area contributed by atoms with Gasteiger partial charge in [0.05, 0.1) is 13.2 Å². The second kappa shape index (κ2) is 6.56. The molecule has 0 aromatic heterocycles. The molecule has 0 heterocycles. The van der Waals surface area contributed by atoms with Crippen molar-refractivity contribution in [3.8, 4) is 22.3 Å². The number of rotatable bonds is 4. The van der Waals surface area contributed by atoms with Gasteiger partial charge in [-0.2, -0.15) is 0 Å². The van der Waals surface area contributed by atoms with Gasteiger partial charge in [0.1, 0.15) is 0 Å². The molecule has 3 rings (SSSR count). The second-order valence-electron chi connectivity index (χ2n) is 5.29. The van der Waals surface area contributed by atoms with Gasteiger partial charge in [-0.05, 0) is 39.4 Å². The highest BCUT2D eigenvalue weighted by Gasteiger charge is 2.02. The highest BCUT2D eigenvalue weighted by Crippen LogP contribution is 2.27. The molecule has 0 fully saturated rings. The first-order chi connectivity index (χ1) is 10.8. The summed E-state index contributed by atoms with van der Waals surface area (Å²) >= 11 is 0. The van der Waals surface area contributed by atoms with Crippen molar-refractivity contribution in [1.29, 1.82) is 0 Å². The third-order valence-corrected chi connectivity index (χ3v) is 3.80. The summed E-state index contributed by atoms with van der Waals surface area (Å²) in [5.74, 6) is 0. The van der Waals surface area contributed by atoms with E-state index in [-0.39, 0.29) is 13.2 Å². The van der Waals surface area contributed by atoms with Crippen LogP contribution in [0.1, 0.15) is 11.1 Å². The Bertz CT molecular complexity index is 681. The van der Waals surface area contributed by atoms with Crippen molar-refractivity contribution < 1.29 is 10.2 Å². The van der Waals surface area contributed by atoms with E-state index in [0.29, 0.717) is 0 Å². The molecule has 0 radical (unpaired) electrons. The largest absolute Gasteiger partial charge is 0.392 e. The van der Waals surface area contributed by atoms with Crippen LogP contribution < -0.4 is 0 Å². The molecule has 2 heteroatoms. The minimum absolute atomic E-state index is 0.0670. The number of aliphatic hydroxyl groups is 2. The van der Waals surface area contributed by atoms with Crippen LogP contribution in [0.2, 0.25) is 0 Å². The predicted molar refractivity (Wildman–Crippen MR) is 89.2 cm³/mol. The molecule has 0 aliphatic carbocycles. The zero-order chi connectivity index (χ0) is 15.4. The Morgan fingerprint density at radius 1 is 0.500 bits per heavy atom. The van der Waals surface area contributed by atoms with Crippen LogP contribution in [0, 0.1) is 0 Å². The molecule has 0 amide bonds. The fraction of sp³-hybridized carbons (Fsp3) is 0.100. The predicted octanol–water partition coefficient (Wildman–Crippen LogP) is 4.01. The van der Waals surface area contributed by atoms with Crippen LogP contribution in [-0.4, -0.2) is 10.2 Å². The standard InChI is InChI=1S/C20H18O2/c21-13-15-4-8-17(9-5-15)19-2-1-3-20(12-19)18-10-6-16(14-22)7-11-18/h1-12,21-22H,13-14H2. The summed E-state index contributed by atoms with van der Waals surface area (Å²) in [6.45, 7) is 0.134. The normalized spacial score (nSPS) is 10.6. The minimum Gasteiger partial charge on any atom is -0.392 e. The van der Waals surface area contributed by atoms with Crippen LogP contribution in [-0.2, 0) is 13.2 Å². The van der Waals surface area contributed by atoms with Crippen molar-refractivity contribution >= 4 is 0 Å². The van der Waals surface area contributed by atoms with E-state index in [0.717, 1.165) is 33.4 Å². The zero-order valence-corrected chi connectivity index (χ0v) is 12.2. The summed E-state index contributed by atoms with van der Waals surface area (Å²) in [5.41, 5.74) is 6.39. The molecular weight excluding hydrogens is 272 g/mol. The molecule has 3 aromatic carbocycles. The molecule has 0 atom stereocenters. The van der Waals surface area contributed by atoms with E-state index in [1.54, 1.807) is 0 Å². The van der Waals surface area contributed by atoms with Gasteiger partial charge in [0.15, 0.2) is 0 Å². The van der Waals surface area contributed by atoms with Gasteiger partial charge in [0.2, 0.25) is 0 Å². The van der Waals surface area contributed by atoms with E-state index < -0.39 is 0 Å². The van der Waals surface area contributed by atoms with Gasteiger partial charge in [-0.3, -0.25) is 0 Å². The van der Waals surface area contributed by atoms with Gasteiger partial charge >= 0.3 is 0 Å². The van der Waals surface area contributed by atoms with Gasteiger partial charge in [-0.15, -0.1) is 0 Å². The van der Waals surface area contributed by atoms with E-state index >= 15 is 0 Å². The monoisotopic (exact) mass is 290 g/mol. The van der Waals surface area contributed by atoms with Crippen molar-refractivity contribution in [1.82, 2.24) is 0 Å². The molecule has 3 aromatic rings. The molecular formula is C20H18O2. The SMILES string of the molecule is OCc1ccc(-c2cccc(-c3ccc(CO)cc3)c2)cc1. The van der Waals surface area contributed by atoms with Crippen LogP contribution in [0.15, 0.2) is 72.8 Å². The van der Waals surface area contributed by atoms with Gasteiger partial charge in [0, 0.05) is 0 Å². The summed E-state index contributed by atoms with van der Waals surface area (Å²) in [5, 5.41) is 18.2. The van der Waals surface area contributed by atoms with E-state index in [1.165, 1.54) is 0 Å². The summed E-state index contributed by atoms with van der Waals surface area (Å²) in [4.78, 5) is 0. The summed E-state index contributed by atoms with van der Waals surface area (Å²) < 4.78 is 0. The Labute approximate surface area is 130 Å². The molecule has 0 aliphatic heterocycles. The Kier molecular flexibility index (Phi) is 4.33. The summed E-state index contributed by atoms with van der Waals surface area (Å²) in [6.07, 6.45) is 0. The van der Waals surface area contributed by atoms with Crippen LogP contribution in [0.4, 0.5) is 0 Å². The summed E-state index contributed by atoms with van der Waals surface area (Å²) in [7, 11) is 0. The molecule has 22 heavy (non-hydrogen) atoms. The highest BCUT2D eigenvalue weighted by molar-refractivity contribution is 5.73. The van der Waals surface area contributed by atoms with Crippen LogP contribution >= 0.6 is 0 Å². The van der Waals surface area contributed by atoms with Gasteiger partial charge < -0.3 is 10.2 Å². The molecule has 0 aliphatic rings. The Morgan fingerprint density at radius 2 is 0.909 bits per heavy atom. The zero-order valence-electron chi connectivity index (χ0n) is 12.2. The molecule has 110 valence electrons. The van der Waals surface area contributed by atoms with Crippen molar-refractivity contribution in [2.24, 2.45) is 0 Å². The maximum absolute atomic E-state index is 9.12. The number of benzene rings is 3. The third kappa shape index (κ3) is 3.08. The van der Waals surface area contributed by atoms with Gasteiger partial charge in [-0.1, -0.05) is 66.7 Å². The quantitative estimate of drug-likeness (QED) is 0.762. The first kappa shape index (κ1) is 14.5. The molecule has 0 unspecified atom stereocenters. The van der Waals surface area contributed by atoms with Crippen molar-refractivity contribution in [3.63, 3.8) is 0 Å². The molecule has 0 spiro atoms. The van der Waals surface area contributed by atoms with Crippen molar-refractivity contribution in [3.05, 3.63) is 83.9 Å². The first-order valence-electron chi connectivity index (χ1n) is 7.30. The van der Waals surface area contributed by atoms with Gasteiger partial charge in [0.25, 0.3) is 0 Å². The molecule has 0 bridgehead atoms. The summed E-state index contributed by atoms with van der Waals surface area (Å²) in [6, 6.07) is 24.2. The third-order valence-electron chi connectivity index (χ3n) is 3.80. The molecule has 0 saturated heterocycles. The second-order valence-corrected chi connectivity index (χ2v) is 5.29. The molecule has 0 saturated carbocycles. The van der Waals surface area contributed by atoms with E-state index in [2.05, 4.69) is 18.2 Å². The van der Waals surface area contributed by atoms with E-state index in [9.17, 15) is 0 Å². The lowest BCUT2D eigenvalue weighted by atomic mass is 9.98. The lowest BCUT2D eigenvalue weighted by molar-refractivity contribution is 0.281. The van der Waals surface area contributed by atoms with E-state index in [4.69, 9.17) is 10.2 Å². The smallest absolute Gasteiger partial charge is 0.0681 e. The maximum Gasteiger partial charge on any atom is 0.0681 e. The average Bonchev–Trinajstić information content (AvgIpc) is 2.62. The lowest BCUT2D eigenvalue weighted by Crippen LogP contribution is -1.85. The number of aliphatic hydroxyl groups excluding tert-OH is 2. The Balaban J connectivity index is 1.93. The fourth-order valence-corrected chi connectivity index (χ4v) is 2.48. The van der Waals surface area contributed by atoms with Gasteiger partial charge in [-0.25, -0.2) is 0 Å².